The highest BCUT2D eigenvalue weighted by molar-refractivity contribution is 5.96. The van der Waals surface area contributed by atoms with E-state index < -0.39 is 71.4 Å². The van der Waals surface area contributed by atoms with E-state index in [1.165, 1.54) is 0 Å². The third kappa shape index (κ3) is 4.58. The molecule has 0 aromatic heterocycles. The molecular weight excluding hydrogens is 460 g/mol. The van der Waals surface area contributed by atoms with E-state index in [4.69, 9.17) is 9.47 Å². The van der Waals surface area contributed by atoms with Crippen LogP contribution in [-0.2, 0) is 23.9 Å². The van der Waals surface area contributed by atoms with Crippen molar-refractivity contribution >= 4 is 18.2 Å². The van der Waals surface area contributed by atoms with Crippen LogP contribution in [0, 0.1) is 16.7 Å². The van der Waals surface area contributed by atoms with Crippen molar-refractivity contribution in [3.63, 3.8) is 0 Å². The maximum absolute atomic E-state index is 13.4. The van der Waals surface area contributed by atoms with Crippen LogP contribution in [0.4, 0.5) is 0 Å². The Kier molecular flexibility index (Phi) is 7.65. The fraction of sp³-hybridized carbons (Fsp3) is 0.720. The minimum atomic E-state index is -1.97. The first-order valence-electron chi connectivity index (χ1n) is 11.9. The number of hydrogen-bond donors (Lipinski definition) is 5. The number of hydrogen-bond acceptors (Lipinski definition) is 10. The molecule has 5 N–H and O–H groups in total. The van der Waals surface area contributed by atoms with Crippen molar-refractivity contribution in [3.8, 4) is 0 Å². The highest BCUT2D eigenvalue weighted by Crippen LogP contribution is 2.59. The zero-order valence-corrected chi connectivity index (χ0v) is 20.3. The number of rotatable bonds is 8. The number of carbonyl (C=O) groups excluding carboxylic acids is 3. The van der Waals surface area contributed by atoms with E-state index in [1.807, 2.05) is 20.8 Å². The Bertz CT molecular complexity index is 910. The molecule has 196 valence electrons. The molecule has 1 spiro atoms. The minimum absolute atomic E-state index is 0.0105. The molecule has 0 aromatic carbocycles. The number of fused-ring (bicyclic) bond motifs is 1. The maximum Gasteiger partial charge on any atom is 0.337 e. The number of aldehydes is 1. The van der Waals surface area contributed by atoms with Crippen LogP contribution in [0.2, 0.25) is 0 Å². The van der Waals surface area contributed by atoms with Crippen LogP contribution >= 0.6 is 0 Å². The molecule has 8 atom stereocenters. The summed E-state index contributed by atoms with van der Waals surface area (Å²) in [5, 5.41) is 50.3. The minimum Gasteiger partial charge on any atom is -0.462 e. The van der Waals surface area contributed by atoms with Crippen LogP contribution in [-0.4, -0.2) is 86.5 Å². The predicted molar refractivity (Wildman–Crippen MR) is 122 cm³/mol. The van der Waals surface area contributed by atoms with Crippen LogP contribution in [0.5, 0.6) is 0 Å². The zero-order chi connectivity index (χ0) is 26.3. The lowest BCUT2D eigenvalue weighted by Crippen LogP contribution is -2.55. The van der Waals surface area contributed by atoms with Gasteiger partial charge in [-0.05, 0) is 43.1 Å². The van der Waals surface area contributed by atoms with Gasteiger partial charge < -0.3 is 39.8 Å². The van der Waals surface area contributed by atoms with E-state index in [9.17, 15) is 39.9 Å². The lowest BCUT2D eigenvalue weighted by Gasteiger charge is -2.49. The molecule has 35 heavy (non-hydrogen) atoms. The summed E-state index contributed by atoms with van der Waals surface area (Å²) in [6, 6.07) is 0. The molecule has 0 saturated heterocycles. The molecule has 1 fully saturated rings. The Labute approximate surface area is 204 Å². The molecule has 0 amide bonds. The van der Waals surface area contributed by atoms with Crippen molar-refractivity contribution < 1.29 is 49.4 Å². The highest BCUT2D eigenvalue weighted by atomic mass is 16.6. The van der Waals surface area contributed by atoms with Gasteiger partial charge in [0.05, 0.1) is 11.7 Å². The molecule has 0 aromatic rings. The zero-order valence-electron chi connectivity index (χ0n) is 20.3. The second-order valence-electron chi connectivity index (χ2n) is 10.9. The molecule has 1 heterocycles. The van der Waals surface area contributed by atoms with Gasteiger partial charge in [0, 0.05) is 5.41 Å². The first kappa shape index (κ1) is 27.5. The van der Waals surface area contributed by atoms with E-state index in [-0.39, 0.29) is 11.9 Å². The molecule has 0 radical (unpaired) electrons. The molecule has 10 nitrogen and oxygen atoms in total. The number of aliphatic hydroxyl groups is 5. The summed E-state index contributed by atoms with van der Waals surface area (Å²) in [6.45, 7) is 8.60. The molecule has 0 unspecified atom stereocenters. The standard InChI is InChI=1S/C25H36O10/c1-5-24(4)10-7-13-16(20(24)31)21(32)35-25(13)9-6-8-23(2,3)19(25)22(33)34-12-15(28)18(30)17(29)14(27)11-26/h5,11,14-15,17-20,27-31H,1,6-10,12H2,2-4H3/t14-,15+,17+,18+,19-,20-,24-,25+/m0/s1. The average Bonchev–Trinajstić information content (AvgIpc) is 3.08. The second-order valence-corrected chi connectivity index (χ2v) is 10.9. The normalized spacial score (nSPS) is 35.5. The van der Waals surface area contributed by atoms with Gasteiger partial charge in [0.25, 0.3) is 0 Å². The van der Waals surface area contributed by atoms with Gasteiger partial charge in [0.15, 0.2) is 6.29 Å². The van der Waals surface area contributed by atoms with Crippen LogP contribution in [0.25, 0.3) is 0 Å². The number of ether oxygens (including phenoxy) is 2. The molecule has 1 saturated carbocycles. The van der Waals surface area contributed by atoms with Crippen LogP contribution in [0.1, 0.15) is 52.9 Å². The van der Waals surface area contributed by atoms with E-state index in [0.29, 0.717) is 37.7 Å². The third-order valence-corrected chi connectivity index (χ3v) is 8.09. The number of carbonyl (C=O) groups is 3. The summed E-state index contributed by atoms with van der Waals surface area (Å²) in [5.41, 5.74) is -1.92. The van der Waals surface area contributed by atoms with Crippen LogP contribution in [0.3, 0.4) is 0 Å². The SMILES string of the molecule is C=C[C@@]1(C)CCC2=C(C(=O)O[C@]23CCCC(C)(C)[C@@H]3C(=O)OC[C@@H](O)[C@@H](O)[C@H](O)[C@@H](O)C=O)[C@@H]1O. The van der Waals surface area contributed by atoms with Crippen molar-refractivity contribution in [2.75, 3.05) is 6.61 Å². The summed E-state index contributed by atoms with van der Waals surface area (Å²) in [5.74, 6) is -2.38. The average molecular weight is 497 g/mol. The van der Waals surface area contributed by atoms with Gasteiger partial charge in [-0.3, -0.25) is 4.79 Å². The number of esters is 2. The first-order chi connectivity index (χ1) is 16.3. The largest absolute Gasteiger partial charge is 0.462 e. The topological polar surface area (TPSA) is 171 Å². The lowest BCUT2D eigenvalue weighted by molar-refractivity contribution is -0.185. The van der Waals surface area contributed by atoms with Crippen molar-refractivity contribution in [3.05, 3.63) is 23.8 Å². The molecule has 2 aliphatic carbocycles. The lowest BCUT2D eigenvalue weighted by atomic mass is 9.56. The molecule has 10 heteroatoms. The Hall–Kier alpha value is -2.11. The van der Waals surface area contributed by atoms with E-state index in [2.05, 4.69) is 6.58 Å². The molecular formula is C25H36O10. The van der Waals surface area contributed by atoms with Gasteiger partial charge in [-0.2, -0.15) is 0 Å². The Morgan fingerprint density at radius 1 is 1.17 bits per heavy atom. The summed E-state index contributed by atoms with van der Waals surface area (Å²) >= 11 is 0. The highest BCUT2D eigenvalue weighted by Gasteiger charge is 2.64. The summed E-state index contributed by atoms with van der Waals surface area (Å²) in [6.07, 6.45) is -4.48. The summed E-state index contributed by atoms with van der Waals surface area (Å²) < 4.78 is 11.3. The van der Waals surface area contributed by atoms with Crippen LogP contribution < -0.4 is 0 Å². The molecule has 1 aliphatic heterocycles. The van der Waals surface area contributed by atoms with E-state index in [1.54, 1.807) is 6.08 Å². The van der Waals surface area contributed by atoms with Gasteiger partial charge in [-0.1, -0.05) is 26.8 Å². The molecule has 3 aliphatic rings. The third-order valence-electron chi connectivity index (χ3n) is 8.09. The Balaban J connectivity index is 1.89. The van der Waals surface area contributed by atoms with Crippen molar-refractivity contribution in [2.24, 2.45) is 16.7 Å². The van der Waals surface area contributed by atoms with Crippen molar-refractivity contribution in [2.45, 2.75) is 89.0 Å². The van der Waals surface area contributed by atoms with E-state index >= 15 is 0 Å². The molecule has 3 rings (SSSR count). The Morgan fingerprint density at radius 3 is 2.43 bits per heavy atom. The van der Waals surface area contributed by atoms with Gasteiger partial charge in [-0.15, -0.1) is 6.58 Å². The first-order valence-corrected chi connectivity index (χ1v) is 11.9. The quantitative estimate of drug-likeness (QED) is 0.174. The Morgan fingerprint density at radius 2 is 1.83 bits per heavy atom. The summed E-state index contributed by atoms with van der Waals surface area (Å²) in [4.78, 5) is 37.1. The van der Waals surface area contributed by atoms with Gasteiger partial charge in [0.1, 0.15) is 42.5 Å². The van der Waals surface area contributed by atoms with Gasteiger partial charge in [-0.25, -0.2) is 4.79 Å². The van der Waals surface area contributed by atoms with E-state index in [0.717, 1.165) is 0 Å². The maximum atomic E-state index is 13.4. The second kappa shape index (κ2) is 9.74. The fourth-order valence-corrected chi connectivity index (χ4v) is 5.86. The number of aliphatic hydroxyl groups excluding tert-OH is 5. The van der Waals surface area contributed by atoms with Gasteiger partial charge >= 0.3 is 11.9 Å². The van der Waals surface area contributed by atoms with Crippen molar-refractivity contribution in [1.29, 1.82) is 0 Å². The predicted octanol–water partition coefficient (Wildman–Crippen LogP) is -0.0624. The smallest absolute Gasteiger partial charge is 0.337 e. The van der Waals surface area contributed by atoms with Crippen LogP contribution in [0.15, 0.2) is 23.8 Å². The summed E-state index contributed by atoms with van der Waals surface area (Å²) in [7, 11) is 0. The van der Waals surface area contributed by atoms with Crippen molar-refractivity contribution in [1.82, 2.24) is 0 Å². The molecule has 0 bridgehead atoms. The van der Waals surface area contributed by atoms with Gasteiger partial charge in [0.2, 0.25) is 0 Å². The monoisotopic (exact) mass is 496 g/mol. The fourth-order valence-electron chi connectivity index (χ4n) is 5.86.